The van der Waals surface area contributed by atoms with Crippen molar-refractivity contribution in [2.75, 3.05) is 52.8 Å². The van der Waals surface area contributed by atoms with Crippen LogP contribution >= 0.6 is 7.82 Å². The van der Waals surface area contributed by atoms with Gasteiger partial charge in [-0.05, 0) is 12.8 Å². The third kappa shape index (κ3) is 45.9. The van der Waals surface area contributed by atoms with E-state index >= 15 is 0 Å². The van der Waals surface area contributed by atoms with Crippen molar-refractivity contribution in [3.8, 4) is 0 Å². The Bertz CT molecular complexity index is 1110. The summed E-state index contributed by atoms with van der Waals surface area (Å²) in [4.78, 5) is 57.9. The summed E-state index contributed by atoms with van der Waals surface area (Å²) in [6, 6.07) is 0. The van der Waals surface area contributed by atoms with E-state index in [0.29, 0.717) is 12.8 Å². The molecule has 0 aliphatic rings. The fourth-order valence-electron chi connectivity index (χ4n) is 6.96. The van der Waals surface area contributed by atoms with Crippen molar-refractivity contribution in [1.29, 1.82) is 0 Å². The molecule has 15 heteroatoms. The molecule has 0 bridgehead atoms. The second-order valence-corrected chi connectivity index (χ2v) is 18.1. The topological polar surface area (TPSA) is 193 Å². The number of phosphoric acid groups is 1. The molecule has 0 aliphatic heterocycles. The molecule has 366 valence electrons. The van der Waals surface area contributed by atoms with Gasteiger partial charge in [0.2, 0.25) is 5.91 Å². The molecule has 0 heterocycles. The van der Waals surface area contributed by atoms with Gasteiger partial charge < -0.3 is 34.3 Å². The van der Waals surface area contributed by atoms with Crippen LogP contribution in [0, 0.1) is 0 Å². The number of hydrogen-bond donors (Lipinski definition) is 3. The van der Waals surface area contributed by atoms with Gasteiger partial charge in [-0.3, -0.25) is 23.4 Å². The van der Waals surface area contributed by atoms with Gasteiger partial charge in [-0.25, -0.2) is 9.36 Å². The number of hydrogen-bond acceptors (Lipinski definition) is 11. The minimum atomic E-state index is -4.62. The first-order valence-electron chi connectivity index (χ1n) is 24.7. The summed E-state index contributed by atoms with van der Waals surface area (Å²) in [7, 11) is -4.62. The molecule has 0 radical (unpaired) electrons. The number of ether oxygens (including phenoxy) is 4. The first kappa shape index (κ1) is 59.9. The molecule has 0 aliphatic carbocycles. The van der Waals surface area contributed by atoms with Crippen LogP contribution in [0.4, 0.5) is 0 Å². The highest BCUT2D eigenvalue weighted by atomic mass is 31.2. The third-order valence-corrected chi connectivity index (χ3v) is 11.6. The lowest BCUT2D eigenvalue weighted by Crippen LogP contribution is -2.31. The summed E-state index contributed by atoms with van der Waals surface area (Å²) in [6.45, 7) is 2.38. The Balaban J connectivity index is 4.50. The predicted octanol–water partition coefficient (Wildman–Crippen LogP) is 11.3. The zero-order valence-corrected chi connectivity index (χ0v) is 40.1. The summed E-state index contributed by atoms with van der Waals surface area (Å²) in [5.41, 5.74) is 0. The molecular weight excluding hydrogens is 817 g/mol. The van der Waals surface area contributed by atoms with Crippen molar-refractivity contribution in [2.24, 2.45) is 0 Å². The van der Waals surface area contributed by atoms with Crippen LogP contribution in [0.15, 0.2) is 0 Å². The highest BCUT2D eigenvalue weighted by Gasteiger charge is 2.26. The highest BCUT2D eigenvalue weighted by Crippen LogP contribution is 2.43. The molecular formula is C47H90NO13P. The van der Waals surface area contributed by atoms with Gasteiger partial charge in [-0.1, -0.05) is 194 Å². The van der Waals surface area contributed by atoms with Crippen molar-refractivity contribution >= 4 is 31.6 Å². The smallest absolute Gasteiger partial charge is 0.472 e. The van der Waals surface area contributed by atoms with Gasteiger partial charge in [0.1, 0.15) is 19.8 Å². The van der Waals surface area contributed by atoms with E-state index in [1.807, 2.05) is 0 Å². The number of nitrogens with one attached hydrogen (secondary N) is 1. The number of carbonyl (C=O) groups is 4. The second kappa shape index (κ2) is 45.5. The molecule has 0 aromatic rings. The van der Waals surface area contributed by atoms with Gasteiger partial charge in [0.05, 0.1) is 26.4 Å². The Morgan fingerprint density at radius 1 is 0.500 bits per heavy atom. The van der Waals surface area contributed by atoms with Gasteiger partial charge in [0, 0.05) is 19.4 Å². The van der Waals surface area contributed by atoms with Crippen molar-refractivity contribution in [1.82, 2.24) is 5.32 Å². The number of carboxylic acids is 1. The van der Waals surface area contributed by atoms with Crippen LogP contribution in [0.3, 0.4) is 0 Å². The van der Waals surface area contributed by atoms with Crippen LogP contribution in [0.5, 0.6) is 0 Å². The van der Waals surface area contributed by atoms with Crippen molar-refractivity contribution in [3.05, 3.63) is 0 Å². The number of rotatable bonds is 49. The number of amides is 1. The molecule has 2 atom stereocenters. The van der Waals surface area contributed by atoms with Crippen LogP contribution in [0.1, 0.15) is 219 Å². The van der Waals surface area contributed by atoms with Gasteiger partial charge in [0.25, 0.3) is 0 Å². The Morgan fingerprint density at radius 3 is 1.31 bits per heavy atom. The molecule has 0 spiro atoms. The fraction of sp³-hybridized carbons (Fsp3) is 0.915. The zero-order valence-electron chi connectivity index (χ0n) is 39.2. The summed E-state index contributed by atoms with van der Waals surface area (Å²) in [6.07, 6.45) is 35.8. The van der Waals surface area contributed by atoms with Crippen LogP contribution in [0.25, 0.3) is 0 Å². The average Bonchev–Trinajstić information content (AvgIpc) is 3.24. The summed E-state index contributed by atoms with van der Waals surface area (Å²) in [5, 5.41) is 11.0. The first-order chi connectivity index (χ1) is 30.1. The van der Waals surface area contributed by atoms with E-state index in [-0.39, 0.29) is 52.4 Å². The van der Waals surface area contributed by atoms with Gasteiger partial charge in [-0.2, -0.15) is 0 Å². The lowest BCUT2D eigenvalue weighted by Gasteiger charge is -2.20. The minimum Gasteiger partial charge on any atom is -0.480 e. The molecule has 3 N–H and O–H groups in total. The maximum atomic E-state index is 12.8. The SMILES string of the molecule is CCCCCCCCCCCCCCCCCC(=O)OCC(COP(=O)(O)OCCNC(=O)COCCOCC(=O)O)OC(=O)CCCCCCCCCCCCCCCCC. The van der Waals surface area contributed by atoms with Crippen LogP contribution in [-0.4, -0.2) is 92.7 Å². The van der Waals surface area contributed by atoms with Crippen LogP contribution in [-0.2, 0) is 51.7 Å². The van der Waals surface area contributed by atoms with E-state index in [2.05, 4.69) is 19.2 Å². The monoisotopic (exact) mass is 908 g/mol. The minimum absolute atomic E-state index is 0.00226. The Hall–Kier alpha value is -2.09. The standard InChI is InChI=1S/C47H90NO13P/c1-3-5-7-9-11-13-15-17-19-21-23-25-27-29-31-33-46(52)58-39-43(40-60-62(54,55)59-36-35-48-44(49)41-56-37-38-57-42-45(50)51)61-47(53)34-32-30-28-26-24-22-20-18-16-14-12-10-8-6-4-2/h43H,3-42H2,1-2H3,(H,48,49)(H,50,51)(H,54,55). The molecule has 0 aromatic heterocycles. The van der Waals surface area contributed by atoms with Crippen LogP contribution < -0.4 is 5.32 Å². The second-order valence-electron chi connectivity index (χ2n) is 16.6. The number of aliphatic carboxylic acids is 1. The first-order valence-corrected chi connectivity index (χ1v) is 26.2. The lowest BCUT2D eigenvalue weighted by atomic mass is 10.0. The van der Waals surface area contributed by atoms with Crippen molar-refractivity contribution < 1.29 is 61.7 Å². The fourth-order valence-corrected chi connectivity index (χ4v) is 7.71. The average molecular weight is 908 g/mol. The van der Waals surface area contributed by atoms with Gasteiger partial charge >= 0.3 is 25.7 Å². The summed E-state index contributed by atoms with van der Waals surface area (Å²) >= 11 is 0. The Morgan fingerprint density at radius 2 is 0.887 bits per heavy atom. The van der Waals surface area contributed by atoms with Gasteiger partial charge in [-0.15, -0.1) is 0 Å². The van der Waals surface area contributed by atoms with E-state index < -0.39 is 51.0 Å². The molecule has 0 fully saturated rings. The van der Waals surface area contributed by atoms with Crippen LogP contribution in [0.2, 0.25) is 0 Å². The quantitative estimate of drug-likeness (QED) is 0.0297. The van der Waals surface area contributed by atoms with E-state index in [1.165, 1.54) is 141 Å². The van der Waals surface area contributed by atoms with Crippen molar-refractivity contribution in [2.45, 2.75) is 225 Å². The van der Waals surface area contributed by atoms with E-state index in [1.54, 1.807) is 0 Å². The van der Waals surface area contributed by atoms with E-state index in [0.717, 1.165) is 38.5 Å². The molecule has 62 heavy (non-hydrogen) atoms. The van der Waals surface area contributed by atoms with E-state index in [9.17, 15) is 28.6 Å². The van der Waals surface area contributed by atoms with E-state index in [4.69, 9.17) is 33.1 Å². The van der Waals surface area contributed by atoms with Crippen molar-refractivity contribution in [3.63, 3.8) is 0 Å². The number of esters is 2. The third-order valence-electron chi connectivity index (χ3n) is 10.6. The Labute approximate surface area is 376 Å². The summed E-state index contributed by atoms with van der Waals surface area (Å²) in [5.74, 6) is -2.56. The molecule has 0 aromatic carbocycles. The predicted molar refractivity (Wildman–Crippen MR) is 244 cm³/mol. The van der Waals surface area contributed by atoms with Gasteiger partial charge in [0.15, 0.2) is 6.10 Å². The normalized spacial score (nSPS) is 12.8. The highest BCUT2D eigenvalue weighted by molar-refractivity contribution is 7.47. The zero-order chi connectivity index (χ0) is 45.6. The number of unbranched alkanes of at least 4 members (excludes halogenated alkanes) is 28. The maximum Gasteiger partial charge on any atom is 0.472 e. The maximum absolute atomic E-state index is 12.8. The summed E-state index contributed by atoms with van der Waals surface area (Å²) < 4.78 is 43.5. The number of carboxylic acid groups (broad SMARTS) is 1. The molecule has 2 unspecified atom stereocenters. The number of phosphoric ester groups is 1. The lowest BCUT2D eigenvalue weighted by molar-refractivity contribution is -0.161. The largest absolute Gasteiger partial charge is 0.480 e. The molecule has 0 saturated carbocycles. The molecule has 0 saturated heterocycles. The molecule has 0 rings (SSSR count). The molecule has 14 nitrogen and oxygen atoms in total. The Kier molecular flexibility index (Phi) is 43.9. The molecule has 1 amide bonds. The number of carbonyl (C=O) groups excluding carboxylic acids is 3.